The number of rotatable bonds is 0. The third kappa shape index (κ3) is 0.397. The first-order valence-corrected chi connectivity index (χ1v) is 6.40. The lowest BCUT2D eigenvalue weighted by Crippen LogP contribution is -2.48. The number of Topliss-reactive ketones (excluding diaryl/α,β-unsaturated/α-hetero) is 1. The predicted octanol–water partition coefficient (Wildman–Crippen LogP) is 1.71. The zero-order chi connectivity index (χ0) is 8.48. The van der Waals surface area contributed by atoms with Crippen LogP contribution in [-0.4, -0.2) is 10.6 Å². The van der Waals surface area contributed by atoms with Gasteiger partial charge < -0.3 is 0 Å². The molecule has 5 aliphatic rings. The molecule has 2 bridgehead atoms. The van der Waals surface area contributed by atoms with Crippen LogP contribution < -0.4 is 0 Å². The van der Waals surface area contributed by atoms with E-state index < -0.39 is 0 Å². The van der Waals surface area contributed by atoms with Crippen LogP contribution in [0.3, 0.4) is 0 Å². The van der Waals surface area contributed by atoms with E-state index in [-0.39, 0.29) is 0 Å². The van der Waals surface area contributed by atoms with Gasteiger partial charge in [-0.25, -0.2) is 0 Å². The van der Waals surface area contributed by atoms with Gasteiger partial charge in [0.05, 0.1) is 0 Å². The zero-order valence-corrected chi connectivity index (χ0v) is 8.78. The fraction of sp³-hybridized carbons (Fsp3) is 0.909. The van der Waals surface area contributed by atoms with E-state index in [1.165, 1.54) is 6.42 Å². The predicted molar refractivity (Wildman–Crippen MR) is 50.3 cm³/mol. The van der Waals surface area contributed by atoms with Crippen LogP contribution in [0, 0.1) is 47.3 Å². The maximum Gasteiger partial charge on any atom is 0.140 e. The van der Waals surface area contributed by atoms with E-state index in [0.29, 0.717) is 17.6 Å². The Bertz CT molecular complexity index is 352. The van der Waals surface area contributed by atoms with Crippen LogP contribution in [0.25, 0.3) is 0 Å². The summed E-state index contributed by atoms with van der Waals surface area (Å²) in [6, 6.07) is 0. The second-order valence-electron chi connectivity index (χ2n) is 5.77. The van der Waals surface area contributed by atoms with E-state index in [1.54, 1.807) is 0 Å². The standard InChI is InChI=1S/C11H11BrO/c12-10-6-2-1-3-5-4(2)8(10)9(5)11(13)7(3)6/h2-10H,1H2/t2-,3+,4?,5?,6?,7?,8?,9?,10?/m1/s1. The Kier molecular flexibility index (Phi) is 0.790. The van der Waals surface area contributed by atoms with Crippen LogP contribution in [0.1, 0.15) is 6.42 Å². The lowest BCUT2D eigenvalue weighted by molar-refractivity contribution is -0.132. The molecule has 0 aromatic rings. The Hall–Kier alpha value is 0.150. The largest absolute Gasteiger partial charge is 0.299 e. The lowest BCUT2D eigenvalue weighted by atomic mass is 9.59. The molecule has 5 fully saturated rings. The summed E-state index contributed by atoms with van der Waals surface area (Å²) < 4.78 is 0. The van der Waals surface area contributed by atoms with Gasteiger partial charge in [0.2, 0.25) is 0 Å². The molecular weight excluding hydrogens is 228 g/mol. The van der Waals surface area contributed by atoms with Gasteiger partial charge in [0, 0.05) is 16.7 Å². The van der Waals surface area contributed by atoms with E-state index >= 15 is 0 Å². The summed E-state index contributed by atoms with van der Waals surface area (Å²) in [5.74, 6) is 6.90. The van der Waals surface area contributed by atoms with Crippen molar-refractivity contribution in [3.05, 3.63) is 0 Å². The van der Waals surface area contributed by atoms with E-state index in [9.17, 15) is 4.79 Å². The number of hydrogen-bond acceptors (Lipinski definition) is 1. The third-order valence-electron chi connectivity index (χ3n) is 6.01. The van der Waals surface area contributed by atoms with Crippen molar-refractivity contribution in [1.29, 1.82) is 0 Å². The molecule has 68 valence electrons. The van der Waals surface area contributed by atoms with Gasteiger partial charge in [-0.15, -0.1) is 0 Å². The molecule has 7 unspecified atom stereocenters. The van der Waals surface area contributed by atoms with E-state index in [0.717, 1.165) is 40.3 Å². The molecular formula is C11H11BrO. The number of halogens is 1. The Morgan fingerprint density at radius 1 is 1.00 bits per heavy atom. The van der Waals surface area contributed by atoms with Crippen molar-refractivity contribution in [2.24, 2.45) is 47.3 Å². The fourth-order valence-corrected chi connectivity index (χ4v) is 7.45. The SMILES string of the molecule is O=C1C2C3C(Br)C4C1[C@H]1C[C@@H]4C3C21. The first-order chi connectivity index (χ1) is 6.30. The number of fused-ring (bicyclic) bond motifs is 2. The van der Waals surface area contributed by atoms with Crippen LogP contribution >= 0.6 is 15.9 Å². The maximum atomic E-state index is 12.0. The van der Waals surface area contributed by atoms with Crippen LogP contribution in [0.5, 0.6) is 0 Å². The van der Waals surface area contributed by atoms with Crippen molar-refractivity contribution in [3.8, 4) is 0 Å². The molecule has 0 spiro atoms. The Labute approximate surface area is 85.4 Å². The molecule has 0 N–H and O–H groups in total. The summed E-state index contributed by atoms with van der Waals surface area (Å²) in [5, 5.41) is 0. The van der Waals surface area contributed by atoms with E-state index in [2.05, 4.69) is 15.9 Å². The Morgan fingerprint density at radius 2 is 1.85 bits per heavy atom. The molecule has 1 nitrogen and oxygen atoms in total. The molecule has 5 aliphatic carbocycles. The van der Waals surface area contributed by atoms with Gasteiger partial charge in [0.25, 0.3) is 0 Å². The summed E-state index contributed by atoms with van der Waals surface area (Å²) in [6.45, 7) is 0. The normalized spacial score (nSPS) is 79.8. The molecule has 0 aliphatic heterocycles. The van der Waals surface area contributed by atoms with Gasteiger partial charge in [-0.3, -0.25) is 4.79 Å². The number of carbonyl (C=O) groups is 1. The summed E-state index contributed by atoms with van der Waals surface area (Å²) in [6.07, 6.45) is 1.41. The van der Waals surface area contributed by atoms with Gasteiger partial charge in [-0.05, 0) is 41.9 Å². The van der Waals surface area contributed by atoms with Crippen molar-refractivity contribution in [1.82, 2.24) is 0 Å². The van der Waals surface area contributed by atoms with E-state index in [4.69, 9.17) is 0 Å². The zero-order valence-electron chi connectivity index (χ0n) is 7.19. The number of alkyl halides is 1. The quantitative estimate of drug-likeness (QED) is 0.588. The molecule has 0 aromatic heterocycles. The Morgan fingerprint density at radius 3 is 2.69 bits per heavy atom. The minimum atomic E-state index is 0.513. The molecule has 9 atom stereocenters. The number of ketones is 1. The maximum absolute atomic E-state index is 12.0. The molecule has 0 saturated heterocycles. The molecule has 0 amide bonds. The number of carbonyl (C=O) groups excluding carboxylic acids is 1. The van der Waals surface area contributed by atoms with Crippen LogP contribution in [-0.2, 0) is 4.79 Å². The summed E-state index contributed by atoms with van der Waals surface area (Å²) in [7, 11) is 0. The molecule has 5 rings (SSSR count). The second kappa shape index (κ2) is 1.56. The van der Waals surface area contributed by atoms with Gasteiger partial charge in [0.15, 0.2) is 0 Å². The van der Waals surface area contributed by atoms with Gasteiger partial charge in [-0.2, -0.15) is 0 Å². The monoisotopic (exact) mass is 238 g/mol. The molecule has 0 heterocycles. The minimum Gasteiger partial charge on any atom is -0.299 e. The highest BCUT2D eigenvalue weighted by Gasteiger charge is 2.83. The fourth-order valence-electron chi connectivity index (χ4n) is 6.05. The molecule has 5 saturated carbocycles. The average Bonchev–Trinajstić information content (AvgIpc) is 2.52. The first kappa shape index (κ1) is 6.60. The molecule has 0 radical (unpaired) electrons. The second-order valence-corrected chi connectivity index (χ2v) is 6.83. The van der Waals surface area contributed by atoms with Crippen LogP contribution in [0.4, 0.5) is 0 Å². The highest BCUT2D eigenvalue weighted by Crippen LogP contribution is 2.82. The van der Waals surface area contributed by atoms with Crippen molar-refractivity contribution < 1.29 is 4.79 Å². The third-order valence-corrected chi connectivity index (χ3v) is 7.24. The Balaban J connectivity index is 1.87. The van der Waals surface area contributed by atoms with E-state index in [1.807, 2.05) is 0 Å². The van der Waals surface area contributed by atoms with Gasteiger partial charge in [0.1, 0.15) is 5.78 Å². The van der Waals surface area contributed by atoms with Crippen LogP contribution in [0.2, 0.25) is 0 Å². The summed E-state index contributed by atoms with van der Waals surface area (Å²) >= 11 is 3.86. The minimum absolute atomic E-state index is 0.513. The van der Waals surface area contributed by atoms with Crippen molar-refractivity contribution in [2.75, 3.05) is 0 Å². The molecule has 0 aromatic carbocycles. The van der Waals surface area contributed by atoms with Gasteiger partial charge >= 0.3 is 0 Å². The number of hydrogen-bond donors (Lipinski definition) is 0. The van der Waals surface area contributed by atoms with Crippen molar-refractivity contribution in [2.45, 2.75) is 11.2 Å². The highest BCUT2D eigenvalue weighted by atomic mass is 79.9. The van der Waals surface area contributed by atoms with Crippen molar-refractivity contribution in [3.63, 3.8) is 0 Å². The average molecular weight is 239 g/mol. The molecule has 2 heteroatoms. The summed E-state index contributed by atoms with van der Waals surface area (Å²) in [4.78, 5) is 12.7. The first-order valence-electron chi connectivity index (χ1n) is 5.48. The van der Waals surface area contributed by atoms with Crippen LogP contribution in [0.15, 0.2) is 0 Å². The summed E-state index contributed by atoms with van der Waals surface area (Å²) in [5.41, 5.74) is 0. The lowest BCUT2D eigenvalue weighted by Gasteiger charge is -2.45. The topological polar surface area (TPSA) is 17.1 Å². The van der Waals surface area contributed by atoms with Gasteiger partial charge in [-0.1, -0.05) is 15.9 Å². The highest BCUT2D eigenvalue weighted by molar-refractivity contribution is 9.09. The van der Waals surface area contributed by atoms with Crippen molar-refractivity contribution >= 4 is 21.7 Å². The smallest absolute Gasteiger partial charge is 0.140 e. The molecule has 13 heavy (non-hydrogen) atoms.